The predicted octanol–water partition coefficient (Wildman–Crippen LogP) is 3.32. The Balaban J connectivity index is 2.11. The number of hydrogen-bond acceptors (Lipinski definition) is 2. The van der Waals surface area contributed by atoms with Crippen LogP contribution >= 0.6 is 0 Å². The highest BCUT2D eigenvalue weighted by atomic mass is 16.7. The van der Waals surface area contributed by atoms with Crippen LogP contribution in [0.1, 0.15) is 18.1 Å². The average Bonchev–Trinajstić information content (AvgIpc) is 2.84. The first kappa shape index (κ1) is 11.5. The smallest absolute Gasteiger partial charge is 0.222 e. The zero-order valence-electron chi connectivity index (χ0n) is 10.4. The fourth-order valence-electron chi connectivity index (χ4n) is 2.37. The number of rotatable bonds is 2. The summed E-state index contributed by atoms with van der Waals surface area (Å²) in [6.07, 6.45) is 0.102. The van der Waals surface area contributed by atoms with Crippen LogP contribution in [0.3, 0.4) is 0 Å². The van der Waals surface area contributed by atoms with Gasteiger partial charge in [0.05, 0.1) is 12.7 Å². The summed E-state index contributed by atoms with van der Waals surface area (Å²) in [6, 6.07) is 20.2. The summed E-state index contributed by atoms with van der Waals surface area (Å²) >= 11 is 0. The molecule has 0 N–H and O–H groups in total. The van der Waals surface area contributed by atoms with Crippen LogP contribution in [-0.4, -0.2) is 12.7 Å². The fourth-order valence-corrected chi connectivity index (χ4v) is 2.37. The van der Waals surface area contributed by atoms with Crippen molar-refractivity contribution in [2.75, 3.05) is 6.61 Å². The third-order valence-corrected chi connectivity index (χ3v) is 3.20. The second kappa shape index (κ2) is 4.56. The third kappa shape index (κ3) is 1.84. The lowest BCUT2D eigenvalue weighted by Gasteiger charge is -2.28. The molecule has 1 aliphatic heterocycles. The Kier molecular flexibility index (Phi) is 2.90. The van der Waals surface area contributed by atoms with Crippen molar-refractivity contribution in [1.82, 2.24) is 0 Å². The van der Waals surface area contributed by atoms with Crippen LogP contribution in [0.5, 0.6) is 0 Å². The van der Waals surface area contributed by atoms with E-state index in [0.717, 1.165) is 11.1 Å². The quantitative estimate of drug-likeness (QED) is 0.801. The summed E-state index contributed by atoms with van der Waals surface area (Å²) in [6.45, 7) is 2.65. The lowest BCUT2D eigenvalue weighted by Crippen LogP contribution is -2.29. The van der Waals surface area contributed by atoms with Gasteiger partial charge < -0.3 is 9.47 Å². The highest BCUT2D eigenvalue weighted by Crippen LogP contribution is 2.40. The van der Waals surface area contributed by atoms with Crippen LogP contribution in [0.25, 0.3) is 0 Å². The van der Waals surface area contributed by atoms with E-state index in [9.17, 15) is 0 Å². The minimum atomic E-state index is -0.748. The van der Waals surface area contributed by atoms with Crippen LogP contribution in [-0.2, 0) is 15.3 Å². The molecule has 1 saturated heterocycles. The van der Waals surface area contributed by atoms with Crippen LogP contribution in [0, 0.1) is 0 Å². The van der Waals surface area contributed by atoms with E-state index in [-0.39, 0.29) is 6.10 Å². The van der Waals surface area contributed by atoms with Crippen molar-refractivity contribution in [2.24, 2.45) is 0 Å². The van der Waals surface area contributed by atoms with Gasteiger partial charge in [0.25, 0.3) is 0 Å². The van der Waals surface area contributed by atoms with Gasteiger partial charge in [0, 0.05) is 11.1 Å². The molecule has 0 spiro atoms. The molecule has 1 fully saturated rings. The zero-order valence-corrected chi connectivity index (χ0v) is 10.4. The zero-order chi connectivity index (χ0) is 12.4. The van der Waals surface area contributed by atoms with Gasteiger partial charge in [-0.2, -0.15) is 0 Å². The van der Waals surface area contributed by atoms with Gasteiger partial charge in [-0.25, -0.2) is 0 Å². The van der Waals surface area contributed by atoms with Crippen LogP contribution < -0.4 is 0 Å². The molecule has 1 heterocycles. The molecule has 2 aromatic rings. The fraction of sp³-hybridized carbons (Fsp3) is 0.250. The Morgan fingerprint density at radius 1 is 0.889 bits per heavy atom. The first-order chi connectivity index (χ1) is 8.81. The molecule has 2 nitrogen and oxygen atoms in total. The van der Waals surface area contributed by atoms with Crippen LogP contribution in [0.4, 0.5) is 0 Å². The predicted molar refractivity (Wildman–Crippen MR) is 70.2 cm³/mol. The van der Waals surface area contributed by atoms with E-state index in [1.165, 1.54) is 0 Å². The van der Waals surface area contributed by atoms with Gasteiger partial charge in [-0.1, -0.05) is 60.7 Å². The van der Waals surface area contributed by atoms with Gasteiger partial charge in [0.2, 0.25) is 5.79 Å². The average molecular weight is 240 g/mol. The monoisotopic (exact) mass is 240 g/mol. The summed E-state index contributed by atoms with van der Waals surface area (Å²) in [5, 5.41) is 0. The van der Waals surface area contributed by atoms with Gasteiger partial charge in [-0.3, -0.25) is 0 Å². The van der Waals surface area contributed by atoms with Crippen molar-refractivity contribution in [2.45, 2.75) is 18.8 Å². The van der Waals surface area contributed by atoms with Gasteiger partial charge in [0.15, 0.2) is 0 Å². The normalized spacial score (nSPS) is 21.9. The number of hydrogen-bond donors (Lipinski definition) is 0. The first-order valence-corrected chi connectivity index (χ1v) is 6.24. The van der Waals surface area contributed by atoms with Gasteiger partial charge in [0.1, 0.15) is 0 Å². The van der Waals surface area contributed by atoms with Crippen molar-refractivity contribution in [3.8, 4) is 0 Å². The summed E-state index contributed by atoms with van der Waals surface area (Å²) in [5.74, 6) is -0.748. The maximum atomic E-state index is 6.10. The second-order valence-corrected chi connectivity index (χ2v) is 4.59. The molecule has 2 aromatic carbocycles. The summed E-state index contributed by atoms with van der Waals surface area (Å²) in [5.41, 5.74) is 2.08. The van der Waals surface area contributed by atoms with E-state index in [4.69, 9.17) is 9.47 Å². The molecule has 0 radical (unpaired) electrons. The van der Waals surface area contributed by atoms with E-state index in [0.29, 0.717) is 6.61 Å². The minimum Gasteiger partial charge on any atom is -0.339 e. The Morgan fingerprint density at radius 3 is 1.78 bits per heavy atom. The van der Waals surface area contributed by atoms with E-state index in [1.807, 2.05) is 67.6 Å². The molecular weight excluding hydrogens is 224 g/mol. The summed E-state index contributed by atoms with van der Waals surface area (Å²) in [4.78, 5) is 0. The maximum absolute atomic E-state index is 6.10. The van der Waals surface area contributed by atoms with E-state index in [2.05, 4.69) is 0 Å². The molecule has 1 unspecified atom stereocenters. The lowest BCUT2D eigenvalue weighted by molar-refractivity contribution is -0.140. The molecule has 0 amide bonds. The molecule has 18 heavy (non-hydrogen) atoms. The van der Waals surface area contributed by atoms with Crippen molar-refractivity contribution in [1.29, 1.82) is 0 Å². The largest absolute Gasteiger partial charge is 0.339 e. The molecule has 0 saturated carbocycles. The minimum absolute atomic E-state index is 0.102. The SMILES string of the molecule is CC1COC(c2ccccc2)(c2ccccc2)O1. The molecule has 92 valence electrons. The molecule has 3 rings (SSSR count). The first-order valence-electron chi connectivity index (χ1n) is 6.24. The van der Waals surface area contributed by atoms with Crippen LogP contribution in [0.2, 0.25) is 0 Å². The molecule has 1 aliphatic rings. The summed E-state index contributed by atoms with van der Waals surface area (Å²) in [7, 11) is 0. The highest BCUT2D eigenvalue weighted by Gasteiger charge is 2.43. The highest BCUT2D eigenvalue weighted by molar-refractivity contribution is 5.34. The standard InChI is InChI=1S/C16H16O2/c1-13-12-17-16(18-13,14-8-4-2-5-9-14)15-10-6-3-7-11-15/h2-11,13H,12H2,1H3. The van der Waals surface area contributed by atoms with Crippen molar-refractivity contribution < 1.29 is 9.47 Å². The molecule has 1 atom stereocenters. The van der Waals surface area contributed by atoms with Gasteiger partial charge in [-0.05, 0) is 6.92 Å². The van der Waals surface area contributed by atoms with Crippen molar-refractivity contribution in [3.05, 3.63) is 71.8 Å². The Morgan fingerprint density at radius 2 is 1.39 bits per heavy atom. The van der Waals surface area contributed by atoms with Crippen molar-refractivity contribution >= 4 is 0 Å². The molecule has 2 heteroatoms. The van der Waals surface area contributed by atoms with Crippen molar-refractivity contribution in [3.63, 3.8) is 0 Å². The molecular formula is C16H16O2. The maximum Gasteiger partial charge on any atom is 0.222 e. The topological polar surface area (TPSA) is 18.5 Å². The second-order valence-electron chi connectivity index (χ2n) is 4.59. The number of ether oxygens (including phenoxy) is 2. The van der Waals surface area contributed by atoms with E-state index >= 15 is 0 Å². The Hall–Kier alpha value is -1.64. The van der Waals surface area contributed by atoms with E-state index < -0.39 is 5.79 Å². The lowest BCUT2D eigenvalue weighted by atomic mass is 9.97. The third-order valence-electron chi connectivity index (χ3n) is 3.20. The van der Waals surface area contributed by atoms with Crippen LogP contribution in [0.15, 0.2) is 60.7 Å². The summed E-state index contributed by atoms with van der Waals surface area (Å²) < 4.78 is 12.1. The van der Waals surface area contributed by atoms with Gasteiger partial charge in [-0.15, -0.1) is 0 Å². The Labute approximate surface area is 107 Å². The Bertz CT molecular complexity index is 468. The molecule has 0 aliphatic carbocycles. The number of benzene rings is 2. The molecule has 0 aromatic heterocycles. The molecule has 0 bridgehead atoms. The van der Waals surface area contributed by atoms with E-state index in [1.54, 1.807) is 0 Å². The van der Waals surface area contributed by atoms with Gasteiger partial charge >= 0.3 is 0 Å².